The first-order valence-electron chi connectivity index (χ1n) is 10.1. The normalized spacial score (nSPS) is 27.5. The minimum Gasteiger partial charge on any atom is -0.354 e. The molecule has 1 saturated heterocycles. The topological polar surface area (TPSA) is 29.0 Å². The van der Waals surface area contributed by atoms with Crippen LogP contribution in [-0.2, 0) is 24.7 Å². The molecule has 0 N–H and O–H groups in total. The quantitative estimate of drug-likeness (QED) is 0.672. The number of aryl methyl sites for hydroxylation is 1. The summed E-state index contributed by atoms with van der Waals surface area (Å²) in [6.45, 7) is 3.41. The molecule has 0 saturated carbocycles. The lowest BCUT2D eigenvalue weighted by atomic mass is 9.69. The first kappa shape index (κ1) is 16.6. The van der Waals surface area contributed by atoms with E-state index in [1.54, 1.807) is 5.56 Å². The molecule has 5 rings (SSSR count). The van der Waals surface area contributed by atoms with Crippen molar-refractivity contribution in [2.75, 3.05) is 11.4 Å². The van der Waals surface area contributed by atoms with Crippen molar-refractivity contribution < 1.29 is 0 Å². The Bertz CT molecular complexity index is 849. The van der Waals surface area contributed by atoms with Crippen molar-refractivity contribution in [2.24, 2.45) is 0 Å². The summed E-state index contributed by atoms with van der Waals surface area (Å²) in [5.74, 6) is 1.12. The third-order valence-corrected chi connectivity index (χ3v) is 7.11. The lowest BCUT2D eigenvalue weighted by Gasteiger charge is -2.40. The molecular weight excluding hydrogens is 342 g/mol. The zero-order chi connectivity index (χ0) is 17.7. The number of hydrogen-bond donors (Lipinski definition) is 0. The Morgan fingerprint density at radius 3 is 2.85 bits per heavy atom. The summed E-state index contributed by atoms with van der Waals surface area (Å²) >= 11 is 6.40. The molecule has 3 aliphatic rings. The maximum atomic E-state index is 6.40. The van der Waals surface area contributed by atoms with Gasteiger partial charge in [-0.25, -0.2) is 9.97 Å². The van der Waals surface area contributed by atoms with Gasteiger partial charge in [0.15, 0.2) is 0 Å². The Labute approximate surface area is 160 Å². The van der Waals surface area contributed by atoms with Crippen LogP contribution in [0.25, 0.3) is 0 Å². The van der Waals surface area contributed by atoms with Gasteiger partial charge < -0.3 is 4.90 Å². The summed E-state index contributed by atoms with van der Waals surface area (Å²) in [6.07, 6.45) is 9.53. The molecule has 2 atom stereocenters. The van der Waals surface area contributed by atoms with Gasteiger partial charge in [0, 0.05) is 23.6 Å². The molecule has 1 aliphatic heterocycles. The second-order valence-corrected chi connectivity index (χ2v) is 8.73. The summed E-state index contributed by atoms with van der Waals surface area (Å²) in [7, 11) is 0. The predicted molar refractivity (Wildman–Crippen MR) is 106 cm³/mol. The number of benzene rings is 1. The van der Waals surface area contributed by atoms with Crippen LogP contribution in [0, 0.1) is 0 Å². The van der Waals surface area contributed by atoms with E-state index in [0.717, 1.165) is 25.2 Å². The smallest absolute Gasteiger partial charge is 0.224 e. The van der Waals surface area contributed by atoms with Crippen molar-refractivity contribution in [1.29, 1.82) is 0 Å². The standard InChI is InChI=1S/C22H26ClN3/c1-15-6-4-5-13-26(15)20-17-10-12-22(14-19(17)24-21(23)25-20)11-9-16-7-2-3-8-18(16)22/h2-3,7-8,15H,4-6,9-14H2,1H3/t15-,22?/m0/s1. The van der Waals surface area contributed by atoms with Crippen molar-refractivity contribution in [2.45, 2.75) is 69.7 Å². The van der Waals surface area contributed by atoms with Crippen LogP contribution in [0.2, 0.25) is 5.28 Å². The highest BCUT2D eigenvalue weighted by molar-refractivity contribution is 6.28. The van der Waals surface area contributed by atoms with E-state index < -0.39 is 0 Å². The summed E-state index contributed by atoms with van der Waals surface area (Å²) < 4.78 is 0. The van der Waals surface area contributed by atoms with E-state index in [0.29, 0.717) is 11.3 Å². The van der Waals surface area contributed by atoms with Gasteiger partial charge in [-0.05, 0) is 81.0 Å². The van der Waals surface area contributed by atoms with Gasteiger partial charge in [0.25, 0.3) is 0 Å². The number of halogens is 1. The maximum absolute atomic E-state index is 6.40. The maximum Gasteiger partial charge on any atom is 0.224 e. The third-order valence-electron chi connectivity index (χ3n) is 6.94. The van der Waals surface area contributed by atoms with E-state index in [1.807, 2.05) is 0 Å². The number of piperidine rings is 1. The van der Waals surface area contributed by atoms with Crippen molar-refractivity contribution in [3.63, 3.8) is 0 Å². The third kappa shape index (κ3) is 2.55. The van der Waals surface area contributed by atoms with Gasteiger partial charge in [-0.2, -0.15) is 0 Å². The fourth-order valence-electron chi connectivity index (χ4n) is 5.52. The van der Waals surface area contributed by atoms with Crippen molar-refractivity contribution in [3.05, 3.63) is 51.9 Å². The second-order valence-electron chi connectivity index (χ2n) is 8.39. The highest BCUT2D eigenvalue weighted by Gasteiger charge is 2.42. The molecule has 2 aromatic rings. The zero-order valence-electron chi connectivity index (χ0n) is 15.5. The summed E-state index contributed by atoms with van der Waals surface area (Å²) in [5, 5.41) is 0.417. The van der Waals surface area contributed by atoms with Crippen LogP contribution in [0.4, 0.5) is 5.82 Å². The van der Waals surface area contributed by atoms with Gasteiger partial charge in [0.05, 0.1) is 5.69 Å². The molecule has 2 heterocycles. The molecule has 0 bridgehead atoms. The second kappa shape index (κ2) is 6.23. The Balaban J connectivity index is 1.55. The van der Waals surface area contributed by atoms with Crippen LogP contribution in [0.3, 0.4) is 0 Å². The van der Waals surface area contributed by atoms with E-state index in [2.05, 4.69) is 36.1 Å². The Kier molecular flexibility index (Phi) is 3.97. The molecule has 1 unspecified atom stereocenters. The van der Waals surface area contributed by atoms with Gasteiger partial charge in [-0.15, -0.1) is 0 Å². The van der Waals surface area contributed by atoms with Crippen LogP contribution >= 0.6 is 11.6 Å². The van der Waals surface area contributed by atoms with Gasteiger partial charge in [0.1, 0.15) is 5.82 Å². The lowest BCUT2D eigenvalue weighted by molar-refractivity contribution is 0.362. The fourth-order valence-corrected chi connectivity index (χ4v) is 5.70. The van der Waals surface area contributed by atoms with Crippen LogP contribution in [0.5, 0.6) is 0 Å². The SMILES string of the molecule is C[C@H]1CCCCN1c1nc(Cl)nc2c1CCC1(CCc3ccccc31)C2. The van der Waals surface area contributed by atoms with E-state index in [1.165, 1.54) is 55.3 Å². The highest BCUT2D eigenvalue weighted by atomic mass is 35.5. The largest absolute Gasteiger partial charge is 0.354 e. The molecule has 3 nitrogen and oxygen atoms in total. The number of nitrogens with zero attached hydrogens (tertiary/aromatic N) is 3. The summed E-state index contributed by atoms with van der Waals surface area (Å²) in [5.41, 5.74) is 5.89. The number of aromatic nitrogens is 2. The van der Waals surface area contributed by atoms with E-state index in [9.17, 15) is 0 Å². The first-order valence-corrected chi connectivity index (χ1v) is 10.4. The average molecular weight is 368 g/mol. The van der Waals surface area contributed by atoms with E-state index in [4.69, 9.17) is 21.6 Å². The number of hydrogen-bond acceptors (Lipinski definition) is 3. The van der Waals surface area contributed by atoms with Crippen molar-refractivity contribution in [1.82, 2.24) is 9.97 Å². The molecule has 26 heavy (non-hydrogen) atoms. The zero-order valence-corrected chi connectivity index (χ0v) is 16.2. The highest BCUT2D eigenvalue weighted by Crippen LogP contribution is 2.48. The molecule has 2 aliphatic carbocycles. The molecule has 1 spiro atoms. The molecule has 136 valence electrons. The average Bonchev–Trinajstić information content (AvgIpc) is 3.00. The van der Waals surface area contributed by atoms with E-state index in [-0.39, 0.29) is 5.41 Å². The van der Waals surface area contributed by atoms with Gasteiger partial charge in [-0.3, -0.25) is 0 Å². The predicted octanol–water partition coefficient (Wildman–Crippen LogP) is 4.88. The first-order chi connectivity index (χ1) is 12.7. The van der Waals surface area contributed by atoms with Crippen LogP contribution in [0.1, 0.15) is 61.4 Å². The van der Waals surface area contributed by atoms with Gasteiger partial charge in [0.2, 0.25) is 5.28 Å². The molecule has 4 heteroatoms. The number of anilines is 1. The van der Waals surface area contributed by atoms with Crippen LogP contribution < -0.4 is 4.90 Å². The summed E-state index contributed by atoms with van der Waals surface area (Å²) in [6, 6.07) is 9.54. The minimum atomic E-state index is 0.256. The Morgan fingerprint density at radius 2 is 1.96 bits per heavy atom. The molecule has 1 fully saturated rings. The van der Waals surface area contributed by atoms with Crippen LogP contribution in [0.15, 0.2) is 24.3 Å². The fraction of sp³-hybridized carbons (Fsp3) is 0.545. The van der Waals surface area contributed by atoms with Crippen molar-refractivity contribution >= 4 is 17.4 Å². The molecule has 1 aromatic heterocycles. The molecule has 1 aromatic carbocycles. The Hall–Kier alpha value is -1.61. The Morgan fingerprint density at radius 1 is 1.12 bits per heavy atom. The summed E-state index contributed by atoms with van der Waals surface area (Å²) in [4.78, 5) is 11.9. The molecule has 0 amide bonds. The van der Waals surface area contributed by atoms with Crippen LogP contribution in [-0.4, -0.2) is 22.6 Å². The number of fused-ring (bicyclic) bond motifs is 3. The minimum absolute atomic E-state index is 0.256. The van der Waals surface area contributed by atoms with Gasteiger partial charge in [-0.1, -0.05) is 24.3 Å². The molecule has 0 radical (unpaired) electrons. The van der Waals surface area contributed by atoms with E-state index >= 15 is 0 Å². The lowest BCUT2D eigenvalue weighted by Crippen LogP contribution is -2.40. The number of rotatable bonds is 1. The van der Waals surface area contributed by atoms with Gasteiger partial charge >= 0.3 is 0 Å². The monoisotopic (exact) mass is 367 g/mol. The molecular formula is C22H26ClN3. The van der Waals surface area contributed by atoms with Crippen molar-refractivity contribution in [3.8, 4) is 0 Å².